The van der Waals surface area contributed by atoms with Gasteiger partial charge in [-0.05, 0) is 24.3 Å². The minimum Gasteiger partial charge on any atom is -0.469 e. The highest BCUT2D eigenvalue weighted by Crippen LogP contribution is 2.10. The third kappa shape index (κ3) is 14.5. The molecule has 0 spiro atoms. The molecule has 1 heterocycles. The number of hydrogen-bond donors (Lipinski definition) is 5. The number of amides is 4. The molecule has 268 valence electrons. The fourth-order valence-corrected chi connectivity index (χ4v) is 4.47. The van der Waals surface area contributed by atoms with Crippen LogP contribution in [0.2, 0.25) is 0 Å². The summed E-state index contributed by atoms with van der Waals surface area (Å²) in [6.45, 7) is 2.10. The quantitative estimate of drug-likeness (QED) is 0.0965. The number of alkyl halides is 1. The van der Waals surface area contributed by atoms with Crippen LogP contribution < -0.4 is 21.3 Å². The molecule has 16 nitrogen and oxygen atoms in total. The van der Waals surface area contributed by atoms with Gasteiger partial charge in [-0.1, -0.05) is 44.2 Å². The largest absolute Gasteiger partial charge is 0.469 e. The van der Waals surface area contributed by atoms with Gasteiger partial charge < -0.3 is 40.5 Å². The van der Waals surface area contributed by atoms with Crippen LogP contribution in [0.1, 0.15) is 50.8 Å². The Kier molecular flexibility index (Phi) is 16.9. The molecule has 49 heavy (non-hydrogen) atoms. The van der Waals surface area contributed by atoms with Gasteiger partial charge in [0.05, 0.1) is 27.0 Å². The van der Waals surface area contributed by atoms with E-state index in [0.717, 1.165) is 19.8 Å². The number of halogens is 1. The molecule has 1 aromatic heterocycles. The first-order valence-electron chi connectivity index (χ1n) is 15.4. The summed E-state index contributed by atoms with van der Waals surface area (Å²) in [6, 6.07) is 3.28. The van der Waals surface area contributed by atoms with Crippen LogP contribution in [0.4, 0.5) is 9.18 Å². The standard InChI is InChI=1S/C32H43FN6O10/c1-19(2)12-24(39-32(46)49-17-20-8-6-5-7-9-20)30(44)36-22(10-11-27(41)47-3)29(43)38-25(13-21-16-34-18-35-21)31(45)37-23(26(40)15-33)14-28(42)48-4/h5-9,16,18-19,22-25H,10-15,17H2,1-4H3,(H,34,35)(H,36,44)(H,37,45)(H,38,43)(H,39,46). The number of alkyl carbamates (subject to hydrolysis) is 1. The molecule has 2 aromatic rings. The molecule has 5 N–H and O–H groups in total. The number of hydrogen-bond acceptors (Lipinski definition) is 11. The molecule has 4 amide bonds. The Morgan fingerprint density at radius 3 is 2.02 bits per heavy atom. The van der Waals surface area contributed by atoms with Crippen molar-refractivity contribution in [1.82, 2.24) is 31.2 Å². The minimum absolute atomic E-state index is 0.0515. The van der Waals surface area contributed by atoms with E-state index in [-0.39, 0.29) is 38.2 Å². The van der Waals surface area contributed by atoms with Crippen LogP contribution in [0.3, 0.4) is 0 Å². The lowest BCUT2D eigenvalue weighted by Gasteiger charge is -2.26. The normalized spacial score (nSPS) is 13.2. The number of aromatic amines is 1. The highest BCUT2D eigenvalue weighted by atomic mass is 19.1. The number of esters is 2. The van der Waals surface area contributed by atoms with E-state index in [9.17, 15) is 38.0 Å². The van der Waals surface area contributed by atoms with Crippen molar-refractivity contribution >= 4 is 41.5 Å². The lowest BCUT2D eigenvalue weighted by molar-refractivity contribution is -0.144. The first-order valence-corrected chi connectivity index (χ1v) is 15.4. The molecule has 0 radical (unpaired) electrons. The molecule has 0 aliphatic heterocycles. The maximum atomic E-state index is 13.7. The molecule has 4 atom stereocenters. The lowest BCUT2D eigenvalue weighted by Crippen LogP contribution is -2.58. The summed E-state index contributed by atoms with van der Waals surface area (Å²) in [5, 5.41) is 9.82. The maximum Gasteiger partial charge on any atom is 0.408 e. The molecule has 4 unspecified atom stereocenters. The van der Waals surface area contributed by atoms with Gasteiger partial charge in [-0.2, -0.15) is 0 Å². The number of H-pyrrole nitrogens is 1. The van der Waals surface area contributed by atoms with Crippen LogP contribution in [0.15, 0.2) is 42.9 Å². The number of ether oxygens (including phenoxy) is 3. The number of imidazole rings is 1. The van der Waals surface area contributed by atoms with Gasteiger partial charge in [-0.25, -0.2) is 14.2 Å². The van der Waals surface area contributed by atoms with E-state index >= 15 is 0 Å². The summed E-state index contributed by atoms with van der Waals surface area (Å²) in [6.07, 6.45) is 0.556. The van der Waals surface area contributed by atoms with Crippen LogP contribution in [-0.2, 0) is 56.0 Å². The highest BCUT2D eigenvalue weighted by Gasteiger charge is 2.33. The van der Waals surface area contributed by atoms with Crippen molar-refractivity contribution < 1.29 is 52.2 Å². The lowest BCUT2D eigenvalue weighted by atomic mass is 10.0. The number of rotatable bonds is 20. The van der Waals surface area contributed by atoms with E-state index < -0.39 is 78.8 Å². The second kappa shape index (κ2) is 20.8. The Bertz CT molecular complexity index is 1410. The van der Waals surface area contributed by atoms with Crippen LogP contribution >= 0.6 is 0 Å². The van der Waals surface area contributed by atoms with Gasteiger partial charge in [0.1, 0.15) is 37.4 Å². The molecule has 2 rings (SSSR count). The predicted molar refractivity (Wildman–Crippen MR) is 170 cm³/mol. The number of carbonyl (C=O) groups excluding carboxylic acids is 7. The van der Waals surface area contributed by atoms with Gasteiger partial charge in [0, 0.05) is 24.7 Å². The van der Waals surface area contributed by atoms with Crippen LogP contribution in [-0.4, -0.2) is 96.6 Å². The van der Waals surface area contributed by atoms with Crippen LogP contribution in [0.25, 0.3) is 0 Å². The number of Topliss-reactive ketones (excluding diaryl/α,β-unsaturated/α-hetero) is 1. The summed E-state index contributed by atoms with van der Waals surface area (Å²) < 4.78 is 27.7. The van der Waals surface area contributed by atoms with E-state index in [1.807, 2.05) is 13.8 Å². The number of methoxy groups -OCH3 is 2. The number of aromatic nitrogens is 2. The van der Waals surface area contributed by atoms with Crippen LogP contribution in [0, 0.1) is 5.92 Å². The number of benzene rings is 1. The SMILES string of the molecule is COC(=O)CCC(NC(=O)C(CC(C)C)NC(=O)OCc1ccccc1)C(=O)NC(Cc1cnc[nH]1)C(=O)NC(CC(=O)OC)C(=O)CF. The Balaban J connectivity index is 2.27. The van der Waals surface area contributed by atoms with Crippen molar-refractivity contribution in [3.63, 3.8) is 0 Å². The Morgan fingerprint density at radius 1 is 0.816 bits per heavy atom. The van der Waals surface area contributed by atoms with Gasteiger partial charge in [0.25, 0.3) is 0 Å². The zero-order chi connectivity index (χ0) is 36.3. The summed E-state index contributed by atoms with van der Waals surface area (Å²) in [5.41, 5.74) is 1.11. The summed E-state index contributed by atoms with van der Waals surface area (Å²) in [5.74, 6) is -5.39. The highest BCUT2D eigenvalue weighted by molar-refractivity contribution is 5.97. The summed E-state index contributed by atoms with van der Waals surface area (Å²) >= 11 is 0. The van der Waals surface area contributed by atoms with Crippen molar-refractivity contribution in [2.75, 3.05) is 20.9 Å². The molecular formula is C32H43FN6O10. The third-order valence-corrected chi connectivity index (χ3v) is 7.07. The first kappa shape index (κ1) is 39.8. The number of ketones is 1. The van der Waals surface area contributed by atoms with Gasteiger partial charge in [-0.15, -0.1) is 0 Å². The first-order chi connectivity index (χ1) is 23.4. The Labute approximate surface area is 282 Å². The summed E-state index contributed by atoms with van der Waals surface area (Å²) in [7, 11) is 2.20. The van der Waals surface area contributed by atoms with E-state index in [4.69, 9.17) is 4.74 Å². The average Bonchev–Trinajstić information content (AvgIpc) is 3.60. The molecule has 0 aliphatic carbocycles. The van der Waals surface area contributed by atoms with Gasteiger partial charge in [0.2, 0.25) is 17.7 Å². The van der Waals surface area contributed by atoms with Crippen molar-refractivity contribution in [3.8, 4) is 0 Å². The average molecular weight is 691 g/mol. The fraction of sp³-hybridized carbons (Fsp3) is 0.500. The van der Waals surface area contributed by atoms with E-state index in [2.05, 4.69) is 40.7 Å². The zero-order valence-corrected chi connectivity index (χ0v) is 27.8. The monoisotopic (exact) mass is 690 g/mol. The second-order valence-corrected chi connectivity index (χ2v) is 11.3. The molecule has 0 bridgehead atoms. The molecule has 0 fully saturated rings. The number of nitrogens with zero attached hydrogens (tertiary/aromatic N) is 1. The number of carbonyl (C=O) groups is 7. The molecule has 17 heteroatoms. The molecule has 0 saturated heterocycles. The van der Waals surface area contributed by atoms with Gasteiger partial charge in [-0.3, -0.25) is 28.8 Å². The van der Waals surface area contributed by atoms with Crippen molar-refractivity contribution in [2.45, 2.75) is 76.7 Å². The van der Waals surface area contributed by atoms with E-state index in [1.54, 1.807) is 30.3 Å². The second-order valence-electron chi connectivity index (χ2n) is 11.3. The zero-order valence-electron chi connectivity index (χ0n) is 27.8. The smallest absolute Gasteiger partial charge is 0.408 e. The van der Waals surface area contributed by atoms with Crippen molar-refractivity contribution in [2.24, 2.45) is 5.92 Å². The van der Waals surface area contributed by atoms with Crippen LogP contribution in [0.5, 0.6) is 0 Å². The molecule has 0 aliphatic rings. The van der Waals surface area contributed by atoms with Crippen molar-refractivity contribution in [3.05, 3.63) is 54.1 Å². The summed E-state index contributed by atoms with van der Waals surface area (Å²) in [4.78, 5) is 95.8. The van der Waals surface area contributed by atoms with E-state index in [0.29, 0.717) is 5.69 Å². The Morgan fingerprint density at radius 2 is 1.43 bits per heavy atom. The van der Waals surface area contributed by atoms with Gasteiger partial charge >= 0.3 is 18.0 Å². The molecule has 1 aromatic carbocycles. The third-order valence-electron chi connectivity index (χ3n) is 7.07. The molecular weight excluding hydrogens is 647 g/mol. The molecule has 0 saturated carbocycles. The number of nitrogens with one attached hydrogen (secondary N) is 5. The fourth-order valence-electron chi connectivity index (χ4n) is 4.47. The Hall–Kier alpha value is -5.35. The maximum absolute atomic E-state index is 13.7. The van der Waals surface area contributed by atoms with Gasteiger partial charge in [0.15, 0.2) is 5.78 Å². The van der Waals surface area contributed by atoms with E-state index in [1.165, 1.54) is 12.5 Å². The minimum atomic E-state index is -1.59. The topological polar surface area (TPSA) is 224 Å². The van der Waals surface area contributed by atoms with Crippen molar-refractivity contribution in [1.29, 1.82) is 0 Å². The predicted octanol–water partition coefficient (Wildman–Crippen LogP) is 0.803.